The minimum Gasteiger partial charge on any atom is -0.371 e. The van der Waals surface area contributed by atoms with Crippen LogP contribution < -0.4 is 11.5 Å². The summed E-state index contributed by atoms with van der Waals surface area (Å²) in [6.07, 6.45) is -10.9. The Morgan fingerprint density at radius 3 is 1.79 bits per heavy atom. The maximum atomic E-state index is 13.0. The van der Waals surface area contributed by atoms with Crippen molar-refractivity contribution in [1.29, 1.82) is 0 Å². The summed E-state index contributed by atoms with van der Waals surface area (Å²) in [6, 6.07) is 10.0. The standard InChI is InChI=1S/C19H20F6N2O/c1-12(28-11-17(27,10-26)14-5-3-2-4-6-14)13-7-15(18(20,21)22)9-16(8-13)19(23,24)25/h2-9,12H,10-11,26-27H2,1H3. The molecule has 28 heavy (non-hydrogen) atoms. The highest BCUT2D eigenvalue weighted by Crippen LogP contribution is 2.38. The normalized spacial score (nSPS) is 15.9. The Kier molecular flexibility index (Phi) is 6.42. The first-order valence-corrected chi connectivity index (χ1v) is 8.32. The largest absolute Gasteiger partial charge is 0.416 e. The molecular weight excluding hydrogens is 386 g/mol. The third-order valence-electron chi connectivity index (χ3n) is 4.38. The van der Waals surface area contributed by atoms with E-state index in [0.717, 1.165) is 0 Å². The lowest BCUT2D eigenvalue weighted by atomic mass is 9.92. The molecule has 0 aliphatic carbocycles. The van der Waals surface area contributed by atoms with Crippen LogP contribution in [0.4, 0.5) is 26.3 Å². The molecule has 0 spiro atoms. The second-order valence-electron chi connectivity index (χ2n) is 6.52. The van der Waals surface area contributed by atoms with Crippen LogP contribution in [0.15, 0.2) is 48.5 Å². The monoisotopic (exact) mass is 406 g/mol. The van der Waals surface area contributed by atoms with Gasteiger partial charge in [-0.3, -0.25) is 0 Å². The average molecular weight is 406 g/mol. The van der Waals surface area contributed by atoms with Crippen molar-refractivity contribution < 1.29 is 31.1 Å². The molecule has 3 nitrogen and oxygen atoms in total. The topological polar surface area (TPSA) is 61.3 Å². The molecule has 2 aromatic rings. The smallest absolute Gasteiger partial charge is 0.371 e. The van der Waals surface area contributed by atoms with Crippen molar-refractivity contribution in [3.63, 3.8) is 0 Å². The third-order valence-corrected chi connectivity index (χ3v) is 4.38. The second-order valence-corrected chi connectivity index (χ2v) is 6.52. The molecular formula is C19H20F6N2O. The van der Waals surface area contributed by atoms with Gasteiger partial charge in [0.1, 0.15) is 0 Å². The van der Waals surface area contributed by atoms with E-state index in [4.69, 9.17) is 16.2 Å². The molecule has 0 aliphatic heterocycles. The van der Waals surface area contributed by atoms with Crippen LogP contribution in [0.5, 0.6) is 0 Å². The molecule has 154 valence electrons. The summed E-state index contributed by atoms with van der Waals surface area (Å²) >= 11 is 0. The van der Waals surface area contributed by atoms with Crippen LogP contribution >= 0.6 is 0 Å². The number of hydrogen-bond donors (Lipinski definition) is 2. The first-order valence-electron chi connectivity index (χ1n) is 8.32. The molecule has 0 heterocycles. The molecule has 0 radical (unpaired) electrons. The molecule has 0 saturated carbocycles. The van der Waals surface area contributed by atoms with Gasteiger partial charge in [-0.2, -0.15) is 26.3 Å². The molecule has 2 unspecified atom stereocenters. The van der Waals surface area contributed by atoms with Crippen molar-refractivity contribution in [2.45, 2.75) is 30.9 Å². The predicted octanol–water partition coefficient (Wildman–Crippen LogP) is 4.61. The van der Waals surface area contributed by atoms with Crippen molar-refractivity contribution in [3.8, 4) is 0 Å². The first kappa shape index (κ1) is 22.2. The summed E-state index contributed by atoms with van der Waals surface area (Å²) in [4.78, 5) is 0. The van der Waals surface area contributed by atoms with Gasteiger partial charge in [-0.05, 0) is 36.2 Å². The molecule has 0 saturated heterocycles. The molecule has 0 fully saturated rings. The Bertz CT molecular complexity index is 759. The van der Waals surface area contributed by atoms with E-state index in [2.05, 4.69) is 0 Å². The zero-order valence-electron chi connectivity index (χ0n) is 14.9. The van der Waals surface area contributed by atoms with Gasteiger partial charge in [-0.15, -0.1) is 0 Å². The van der Waals surface area contributed by atoms with Gasteiger partial charge >= 0.3 is 12.4 Å². The third kappa shape index (κ3) is 5.24. The fourth-order valence-corrected chi connectivity index (χ4v) is 2.61. The van der Waals surface area contributed by atoms with Crippen LogP contribution in [0, 0.1) is 0 Å². The van der Waals surface area contributed by atoms with Gasteiger partial charge in [0, 0.05) is 6.54 Å². The van der Waals surface area contributed by atoms with Crippen LogP contribution in [0.1, 0.15) is 35.3 Å². The van der Waals surface area contributed by atoms with E-state index in [0.29, 0.717) is 17.7 Å². The number of ether oxygens (including phenoxy) is 1. The Morgan fingerprint density at radius 2 is 1.36 bits per heavy atom. The van der Waals surface area contributed by atoms with Gasteiger partial charge in [0.2, 0.25) is 0 Å². The van der Waals surface area contributed by atoms with Crippen molar-refractivity contribution in [1.82, 2.24) is 0 Å². The van der Waals surface area contributed by atoms with Gasteiger partial charge in [0.15, 0.2) is 0 Å². The van der Waals surface area contributed by atoms with Gasteiger partial charge < -0.3 is 16.2 Å². The van der Waals surface area contributed by atoms with E-state index in [9.17, 15) is 26.3 Å². The van der Waals surface area contributed by atoms with Crippen molar-refractivity contribution in [2.24, 2.45) is 11.5 Å². The summed E-state index contributed by atoms with van der Waals surface area (Å²) < 4.78 is 83.6. The number of alkyl halides is 6. The molecule has 4 N–H and O–H groups in total. The number of benzene rings is 2. The SMILES string of the molecule is CC(OCC(N)(CN)c1ccccc1)c1cc(C(F)(F)F)cc(C(F)(F)F)c1. The maximum absolute atomic E-state index is 13.0. The first-order chi connectivity index (χ1) is 12.9. The highest BCUT2D eigenvalue weighted by Gasteiger charge is 2.37. The van der Waals surface area contributed by atoms with Crippen molar-refractivity contribution >= 4 is 0 Å². The van der Waals surface area contributed by atoms with Crippen LogP contribution in [0.25, 0.3) is 0 Å². The molecule has 0 aromatic heterocycles. The Balaban J connectivity index is 2.29. The zero-order chi connectivity index (χ0) is 21.2. The Hall–Kier alpha value is -2.10. The highest BCUT2D eigenvalue weighted by atomic mass is 19.4. The lowest BCUT2D eigenvalue weighted by Crippen LogP contribution is -2.48. The number of hydrogen-bond acceptors (Lipinski definition) is 3. The minimum absolute atomic E-state index is 0.0277. The molecule has 2 rings (SSSR count). The van der Waals surface area contributed by atoms with Gasteiger partial charge in [0.25, 0.3) is 0 Å². The zero-order valence-corrected chi connectivity index (χ0v) is 14.9. The van der Waals surface area contributed by atoms with E-state index >= 15 is 0 Å². The van der Waals surface area contributed by atoms with Gasteiger partial charge in [-0.25, -0.2) is 0 Å². The van der Waals surface area contributed by atoms with E-state index in [1.165, 1.54) is 6.92 Å². The predicted molar refractivity (Wildman–Crippen MR) is 92.2 cm³/mol. The number of halogens is 6. The second kappa shape index (κ2) is 8.10. The van der Waals surface area contributed by atoms with Crippen molar-refractivity contribution in [3.05, 3.63) is 70.8 Å². The lowest BCUT2D eigenvalue weighted by molar-refractivity contribution is -0.143. The lowest BCUT2D eigenvalue weighted by Gasteiger charge is -2.30. The maximum Gasteiger partial charge on any atom is 0.416 e. The molecule has 0 bridgehead atoms. The quantitative estimate of drug-likeness (QED) is 0.689. The molecule has 0 amide bonds. The van der Waals surface area contributed by atoms with Crippen LogP contribution in [-0.4, -0.2) is 13.2 Å². The van der Waals surface area contributed by atoms with Gasteiger partial charge in [0.05, 0.1) is 29.4 Å². The Morgan fingerprint density at radius 1 is 0.857 bits per heavy atom. The highest BCUT2D eigenvalue weighted by molar-refractivity contribution is 5.34. The fraction of sp³-hybridized carbons (Fsp3) is 0.368. The molecule has 2 aromatic carbocycles. The van der Waals surface area contributed by atoms with E-state index < -0.39 is 35.1 Å². The minimum atomic E-state index is -4.92. The van der Waals surface area contributed by atoms with E-state index in [1.54, 1.807) is 30.3 Å². The number of nitrogens with two attached hydrogens (primary N) is 2. The molecule has 2 atom stereocenters. The number of rotatable bonds is 6. The van der Waals surface area contributed by atoms with Gasteiger partial charge in [-0.1, -0.05) is 30.3 Å². The Labute approximate surface area is 158 Å². The summed E-state index contributed by atoms with van der Waals surface area (Å²) in [5.41, 5.74) is 8.42. The summed E-state index contributed by atoms with van der Waals surface area (Å²) in [6.45, 7) is 1.14. The summed E-state index contributed by atoms with van der Waals surface area (Å²) in [7, 11) is 0. The summed E-state index contributed by atoms with van der Waals surface area (Å²) in [5.74, 6) is 0. The average Bonchev–Trinajstić information content (AvgIpc) is 2.64. The summed E-state index contributed by atoms with van der Waals surface area (Å²) in [5, 5.41) is 0. The molecule has 0 aliphatic rings. The van der Waals surface area contributed by atoms with Crippen LogP contribution in [-0.2, 0) is 22.6 Å². The van der Waals surface area contributed by atoms with Crippen molar-refractivity contribution in [2.75, 3.05) is 13.2 Å². The van der Waals surface area contributed by atoms with E-state index in [1.807, 2.05) is 0 Å². The van der Waals surface area contributed by atoms with Crippen LogP contribution in [0.3, 0.4) is 0 Å². The van der Waals surface area contributed by atoms with Crippen LogP contribution in [0.2, 0.25) is 0 Å². The van der Waals surface area contributed by atoms with E-state index in [-0.39, 0.29) is 24.8 Å². The molecule has 9 heteroatoms. The fourth-order valence-electron chi connectivity index (χ4n) is 2.61.